The molecule has 0 fully saturated rings. The van der Waals surface area contributed by atoms with E-state index in [2.05, 4.69) is 5.32 Å². The van der Waals surface area contributed by atoms with Gasteiger partial charge < -0.3 is 19.7 Å². The van der Waals surface area contributed by atoms with Crippen molar-refractivity contribution in [3.63, 3.8) is 0 Å². The number of rotatable bonds is 8. The quantitative estimate of drug-likeness (QED) is 0.751. The van der Waals surface area contributed by atoms with Crippen molar-refractivity contribution in [1.29, 1.82) is 0 Å². The molecule has 0 unspecified atom stereocenters. The van der Waals surface area contributed by atoms with Crippen LogP contribution in [0.3, 0.4) is 0 Å². The standard InChI is InChI=1S/C20H23ClN2O4/c1-14-8-9-16(21)12-17(14)23(15(2)24)11-10-22-20(25)13-27-19-7-5-4-6-18(19)26-3/h4-9,12H,10-11,13H2,1-3H3,(H,22,25). The smallest absolute Gasteiger partial charge is 0.258 e. The molecule has 0 heterocycles. The number of anilines is 1. The molecule has 2 aromatic rings. The number of nitrogens with one attached hydrogen (secondary N) is 1. The zero-order valence-corrected chi connectivity index (χ0v) is 16.4. The third kappa shape index (κ3) is 5.89. The summed E-state index contributed by atoms with van der Waals surface area (Å²) in [6.07, 6.45) is 0. The molecule has 0 aliphatic rings. The molecule has 144 valence electrons. The SMILES string of the molecule is COc1ccccc1OCC(=O)NCCN(C(C)=O)c1cc(Cl)ccc1C. The molecule has 0 atom stereocenters. The number of methoxy groups -OCH3 is 1. The number of ether oxygens (including phenoxy) is 2. The molecule has 0 bridgehead atoms. The Balaban J connectivity index is 1.88. The number of halogens is 1. The summed E-state index contributed by atoms with van der Waals surface area (Å²) in [5.74, 6) is 0.645. The van der Waals surface area contributed by atoms with Crippen LogP contribution in [0.4, 0.5) is 5.69 Å². The molecular formula is C20H23ClN2O4. The van der Waals surface area contributed by atoms with E-state index in [9.17, 15) is 9.59 Å². The Morgan fingerprint density at radius 1 is 1.15 bits per heavy atom. The van der Waals surface area contributed by atoms with Gasteiger partial charge in [0, 0.05) is 30.7 Å². The van der Waals surface area contributed by atoms with E-state index in [-0.39, 0.29) is 18.4 Å². The van der Waals surface area contributed by atoms with E-state index < -0.39 is 0 Å². The fourth-order valence-electron chi connectivity index (χ4n) is 2.56. The Kier molecular flexibility index (Phi) is 7.49. The molecule has 0 aliphatic carbocycles. The van der Waals surface area contributed by atoms with Gasteiger partial charge in [0.05, 0.1) is 7.11 Å². The molecule has 7 heteroatoms. The van der Waals surface area contributed by atoms with Gasteiger partial charge in [0.15, 0.2) is 18.1 Å². The highest BCUT2D eigenvalue weighted by Gasteiger charge is 2.15. The molecule has 0 aromatic heterocycles. The van der Waals surface area contributed by atoms with E-state index >= 15 is 0 Å². The predicted octanol–water partition coefficient (Wildman–Crippen LogP) is 3.21. The number of carbonyl (C=O) groups is 2. The van der Waals surface area contributed by atoms with E-state index in [1.165, 1.54) is 14.0 Å². The summed E-state index contributed by atoms with van der Waals surface area (Å²) in [6.45, 7) is 3.86. The molecule has 0 radical (unpaired) electrons. The van der Waals surface area contributed by atoms with Gasteiger partial charge in [-0.3, -0.25) is 9.59 Å². The molecule has 2 rings (SSSR count). The molecule has 2 aromatic carbocycles. The number of aryl methyl sites for hydroxylation is 1. The first-order valence-electron chi connectivity index (χ1n) is 8.49. The Morgan fingerprint density at radius 2 is 1.85 bits per heavy atom. The zero-order chi connectivity index (χ0) is 19.8. The average molecular weight is 391 g/mol. The lowest BCUT2D eigenvalue weighted by Crippen LogP contribution is -2.39. The zero-order valence-electron chi connectivity index (χ0n) is 15.6. The maximum absolute atomic E-state index is 12.0. The summed E-state index contributed by atoms with van der Waals surface area (Å²) in [7, 11) is 1.54. The lowest BCUT2D eigenvalue weighted by molar-refractivity contribution is -0.123. The van der Waals surface area contributed by atoms with Gasteiger partial charge in [0.1, 0.15) is 0 Å². The highest BCUT2D eigenvalue weighted by molar-refractivity contribution is 6.31. The Bertz CT molecular complexity index is 810. The minimum Gasteiger partial charge on any atom is -0.493 e. The summed E-state index contributed by atoms with van der Waals surface area (Å²) in [6, 6.07) is 12.5. The molecule has 0 saturated heterocycles. The van der Waals surface area contributed by atoms with Gasteiger partial charge in [-0.05, 0) is 36.8 Å². The van der Waals surface area contributed by atoms with E-state index in [1.807, 2.05) is 19.1 Å². The number of amides is 2. The van der Waals surface area contributed by atoms with Crippen molar-refractivity contribution < 1.29 is 19.1 Å². The number of nitrogens with zero attached hydrogens (tertiary/aromatic N) is 1. The van der Waals surface area contributed by atoms with Crippen molar-refractivity contribution in [2.24, 2.45) is 0 Å². The van der Waals surface area contributed by atoms with E-state index in [4.69, 9.17) is 21.1 Å². The number of benzene rings is 2. The number of hydrogen-bond donors (Lipinski definition) is 1. The van der Waals surface area contributed by atoms with Crippen LogP contribution >= 0.6 is 11.6 Å². The summed E-state index contributed by atoms with van der Waals surface area (Å²) in [4.78, 5) is 25.6. The van der Waals surface area contributed by atoms with Gasteiger partial charge in [0.25, 0.3) is 5.91 Å². The summed E-state index contributed by atoms with van der Waals surface area (Å²) in [5, 5.41) is 3.30. The molecule has 0 saturated carbocycles. The van der Waals surface area contributed by atoms with Gasteiger partial charge in [0.2, 0.25) is 5.91 Å². The van der Waals surface area contributed by atoms with E-state index in [1.54, 1.807) is 35.2 Å². The first kappa shape index (κ1) is 20.6. The number of carbonyl (C=O) groups excluding carboxylic acids is 2. The Labute approximate surface area is 164 Å². The second-order valence-electron chi connectivity index (χ2n) is 5.89. The van der Waals surface area contributed by atoms with Crippen molar-refractivity contribution in [1.82, 2.24) is 5.32 Å². The predicted molar refractivity (Wildman–Crippen MR) is 106 cm³/mol. The molecular weight excluding hydrogens is 368 g/mol. The van der Waals surface area contributed by atoms with Crippen molar-refractivity contribution in [3.05, 3.63) is 53.1 Å². The van der Waals surface area contributed by atoms with Crippen molar-refractivity contribution in [2.75, 3.05) is 31.7 Å². The van der Waals surface area contributed by atoms with Crippen LogP contribution in [-0.4, -0.2) is 38.6 Å². The van der Waals surface area contributed by atoms with Gasteiger partial charge in [-0.25, -0.2) is 0 Å². The topological polar surface area (TPSA) is 67.9 Å². The third-order valence-electron chi connectivity index (χ3n) is 3.93. The van der Waals surface area contributed by atoms with Crippen LogP contribution in [0.25, 0.3) is 0 Å². The normalized spacial score (nSPS) is 10.2. The van der Waals surface area contributed by atoms with Crippen LogP contribution in [-0.2, 0) is 9.59 Å². The molecule has 1 N–H and O–H groups in total. The summed E-state index contributed by atoms with van der Waals surface area (Å²) in [5.41, 5.74) is 1.66. The van der Waals surface area contributed by atoms with Crippen LogP contribution in [0.15, 0.2) is 42.5 Å². The Morgan fingerprint density at radius 3 is 2.52 bits per heavy atom. The first-order chi connectivity index (χ1) is 12.9. The highest BCUT2D eigenvalue weighted by atomic mass is 35.5. The van der Waals surface area contributed by atoms with E-state index in [0.29, 0.717) is 29.6 Å². The molecule has 0 spiro atoms. The second-order valence-corrected chi connectivity index (χ2v) is 6.33. The van der Waals surface area contributed by atoms with Crippen molar-refractivity contribution >= 4 is 29.1 Å². The monoisotopic (exact) mass is 390 g/mol. The van der Waals surface area contributed by atoms with Gasteiger partial charge in [-0.1, -0.05) is 29.8 Å². The highest BCUT2D eigenvalue weighted by Crippen LogP contribution is 2.26. The molecule has 0 aliphatic heterocycles. The van der Waals surface area contributed by atoms with Gasteiger partial charge in [-0.2, -0.15) is 0 Å². The summed E-state index contributed by atoms with van der Waals surface area (Å²) < 4.78 is 10.7. The average Bonchev–Trinajstić information content (AvgIpc) is 2.65. The van der Waals surface area contributed by atoms with Gasteiger partial charge >= 0.3 is 0 Å². The van der Waals surface area contributed by atoms with Crippen LogP contribution in [0.1, 0.15) is 12.5 Å². The number of hydrogen-bond acceptors (Lipinski definition) is 4. The van der Waals surface area contributed by atoms with Crippen LogP contribution < -0.4 is 19.7 Å². The van der Waals surface area contributed by atoms with Crippen LogP contribution in [0.5, 0.6) is 11.5 Å². The minimum atomic E-state index is -0.285. The van der Waals surface area contributed by atoms with Crippen molar-refractivity contribution in [3.8, 4) is 11.5 Å². The van der Waals surface area contributed by atoms with Crippen LogP contribution in [0.2, 0.25) is 5.02 Å². The summed E-state index contributed by atoms with van der Waals surface area (Å²) >= 11 is 6.04. The maximum Gasteiger partial charge on any atom is 0.258 e. The largest absolute Gasteiger partial charge is 0.493 e. The molecule has 6 nitrogen and oxygen atoms in total. The van der Waals surface area contributed by atoms with Crippen LogP contribution in [0, 0.1) is 6.92 Å². The van der Waals surface area contributed by atoms with Crippen molar-refractivity contribution in [2.45, 2.75) is 13.8 Å². The fraction of sp³-hybridized carbons (Fsp3) is 0.300. The lowest BCUT2D eigenvalue weighted by atomic mass is 10.2. The lowest BCUT2D eigenvalue weighted by Gasteiger charge is -2.23. The fourth-order valence-corrected chi connectivity index (χ4v) is 2.73. The van der Waals surface area contributed by atoms with Gasteiger partial charge in [-0.15, -0.1) is 0 Å². The maximum atomic E-state index is 12.0. The third-order valence-corrected chi connectivity index (χ3v) is 4.16. The molecule has 27 heavy (non-hydrogen) atoms. The van der Waals surface area contributed by atoms with E-state index in [0.717, 1.165) is 11.3 Å². The second kappa shape index (κ2) is 9.83. The molecule has 2 amide bonds. The Hall–Kier alpha value is -2.73. The first-order valence-corrected chi connectivity index (χ1v) is 8.87. The minimum absolute atomic E-state index is 0.125. The number of para-hydroxylation sites is 2.